The van der Waals surface area contributed by atoms with E-state index in [4.69, 9.17) is 23.2 Å². The number of aliphatic carboxylic acids is 1. The minimum atomic E-state index is -0.713. The molecule has 1 aliphatic rings. The average Bonchev–Trinajstić information content (AvgIpc) is 2.97. The first kappa shape index (κ1) is 17.7. The van der Waals surface area contributed by atoms with Crippen LogP contribution in [-0.4, -0.2) is 29.1 Å². The Balaban J connectivity index is 2.00. The lowest BCUT2D eigenvalue weighted by Crippen LogP contribution is -2.41. The number of hydrogen-bond donors (Lipinski definition) is 1. The van der Waals surface area contributed by atoms with E-state index in [1.54, 1.807) is 11.3 Å². The lowest BCUT2D eigenvalue weighted by molar-refractivity contribution is -0.143. The topological polar surface area (TPSA) is 40.5 Å². The number of benzene rings is 1. The summed E-state index contributed by atoms with van der Waals surface area (Å²) in [6.45, 7) is 3.53. The van der Waals surface area contributed by atoms with Crippen molar-refractivity contribution in [2.45, 2.75) is 25.8 Å². The SMILES string of the molecule is Cc1ccsc1C(c1ccc(Cl)c(Cl)c1)N1CCCC(C(=O)O)C1. The number of piperidine rings is 1. The summed E-state index contributed by atoms with van der Waals surface area (Å²) in [5, 5.41) is 12.5. The Morgan fingerprint density at radius 3 is 2.75 bits per heavy atom. The second-order valence-electron chi connectivity index (χ2n) is 6.22. The highest BCUT2D eigenvalue weighted by atomic mass is 35.5. The highest BCUT2D eigenvalue weighted by Gasteiger charge is 2.32. The van der Waals surface area contributed by atoms with Crippen molar-refractivity contribution >= 4 is 40.5 Å². The Bertz CT molecular complexity index is 746. The van der Waals surface area contributed by atoms with Crippen LogP contribution < -0.4 is 0 Å². The molecule has 0 radical (unpaired) electrons. The van der Waals surface area contributed by atoms with Crippen LogP contribution in [-0.2, 0) is 4.79 Å². The zero-order valence-electron chi connectivity index (χ0n) is 13.3. The summed E-state index contributed by atoms with van der Waals surface area (Å²) in [5.74, 6) is -1.03. The summed E-state index contributed by atoms with van der Waals surface area (Å²) in [4.78, 5) is 14.9. The number of hydrogen-bond acceptors (Lipinski definition) is 3. The van der Waals surface area contributed by atoms with Crippen LogP contribution in [0.2, 0.25) is 10.0 Å². The highest BCUT2D eigenvalue weighted by Crippen LogP contribution is 2.38. The maximum atomic E-state index is 11.4. The van der Waals surface area contributed by atoms with E-state index in [1.165, 1.54) is 10.4 Å². The van der Waals surface area contributed by atoms with E-state index < -0.39 is 5.97 Å². The summed E-state index contributed by atoms with van der Waals surface area (Å²) in [6.07, 6.45) is 1.63. The fourth-order valence-corrected chi connectivity index (χ4v) is 4.71. The van der Waals surface area contributed by atoms with Crippen LogP contribution in [0, 0.1) is 12.8 Å². The number of likely N-dealkylation sites (tertiary alicyclic amines) is 1. The Labute approximate surface area is 155 Å². The molecular weight excluding hydrogens is 365 g/mol. The van der Waals surface area contributed by atoms with Gasteiger partial charge in [-0.3, -0.25) is 9.69 Å². The van der Waals surface area contributed by atoms with Crippen molar-refractivity contribution in [3.05, 3.63) is 55.7 Å². The van der Waals surface area contributed by atoms with E-state index in [0.717, 1.165) is 24.9 Å². The van der Waals surface area contributed by atoms with Crippen LogP contribution in [0.3, 0.4) is 0 Å². The number of carbonyl (C=O) groups is 1. The average molecular weight is 384 g/mol. The van der Waals surface area contributed by atoms with Crippen LogP contribution in [0.15, 0.2) is 29.6 Å². The van der Waals surface area contributed by atoms with Gasteiger partial charge in [-0.2, -0.15) is 0 Å². The standard InChI is InChI=1S/C18H19Cl2NO2S/c1-11-6-8-24-17(11)16(12-4-5-14(19)15(20)9-12)21-7-2-3-13(10-21)18(22)23/h4-6,8-9,13,16H,2-3,7,10H2,1H3,(H,22,23). The molecule has 0 amide bonds. The number of halogens is 2. The van der Waals surface area contributed by atoms with E-state index >= 15 is 0 Å². The fourth-order valence-electron chi connectivity index (χ4n) is 3.32. The predicted molar refractivity (Wildman–Crippen MR) is 99.3 cm³/mol. The number of thiophene rings is 1. The molecule has 1 aromatic heterocycles. The Kier molecular flexibility index (Phi) is 5.50. The number of rotatable bonds is 4. The molecule has 0 aliphatic carbocycles. The molecule has 2 aromatic rings. The second-order valence-corrected chi connectivity index (χ2v) is 7.98. The zero-order chi connectivity index (χ0) is 17.3. The molecule has 128 valence electrons. The molecule has 2 unspecified atom stereocenters. The fraction of sp³-hybridized carbons (Fsp3) is 0.389. The molecule has 2 atom stereocenters. The molecule has 6 heteroatoms. The van der Waals surface area contributed by atoms with Crippen molar-refractivity contribution in [2.24, 2.45) is 5.92 Å². The van der Waals surface area contributed by atoms with E-state index in [1.807, 2.05) is 18.2 Å². The van der Waals surface area contributed by atoms with Gasteiger partial charge in [-0.05, 0) is 61.0 Å². The summed E-state index contributed by atoms with van der Waals surface area (Å²) < 4.78 is 0. The molecule has 0 bridgehead atoms. The zero-order valence-corrected chi connectivity index (χ0v) is 15.7. The first-order valence-electron chi connectivity index (χ1n) is 7.93. The lowest BCUT2D eigenvalue weighted by atomic mass is 9.93. The minimum absolute atomic E-state index is 0.0157. The van der Waals surface area contributed by atoms with E-state index in [0.29, 0.717) is 16.6 Å². The maximum absolute atomic E-state index is 11.4. The Morgan fingerprint density at radius 1 is 1.33 bits per heavy atom. The van der Waals surface area contributed by atoms with Gasteiger partial charge >= 0.3 is 5.97 Å². The molecule has 1 fully saturated rings. The minimum Gasteiger partial charge on any atom is -0.481 e. The third-order valence-corrected chi connectivity index (χ3v) is 6.39. The summed E-state index contributed by atoms with van der Waals surface area (Å²) >= 11 is 14.0. The number of carboxylic acid groups (broad SMARTS) is 1. The molecule has 0 saturated carbocycles. The van der Waals surface area contributed by atoms with Crippen LogP contribution >= 0.6 is 34.5 Å². The van der Waals surface area contributed by atoms with Gasteiger partial charge in [-0.1, -0.05) is 29.3 Å². The lowest BCUT2D eigenvalue weighted by Gasteiger charge is -2.37. The number of carboxylic acids is 1. The largest absolute Gasteiger partial charge is 0.481 e. The molecular formula is C18H19Cl2NO2S. The van der Waals surface area contributed by atoms with Gasteiger partial charge in [0, 0.05) is 11.4 Å². The summed E-state index contributed by atoms with van der Waals surface area (Å²) in [5.41, 5.74) is 2.27. The van der Waals surface area contributed by atoms with Crippen LogP contribution in [0.25, 0.3) is 0 Å². The molecule has 1 saturated heterocycles. The maximum Gasteiger partial charge on any atom is 0.307 e. The predicted octanol–water partition coefficient (Wildman–Crippen LogP) is 5.25. The molecule has 1 aromatic carbocycles. The first-order chi connectivity index (χ1) is 11.5. The van der Waals surface area contributed by atoms with Crippen LogP contribution in [0.4, 0.5) is 0 Å². The molecule has 2 heterocycles. The molecule has 1 aliphatic heterocycles. The summed E-state index contributed by atoms with van der Waals surface area (Å²) in [6, 6.07) is 7.82. The number of aryl methyl sites for hydroxylation is 1. The van der Waals surface area contributed by atoms with E-state index in [-0.39, 0.29) is 12.0 Å². The van der Waals surface area contributed by atoms with Gasteiger partial charge in [-0.15, -0.1) is 11.3 Å². The molecule has 0 spiro atoms. The molecule has 1 N–H and O–H groups in total. The summed E-state index contributed by atoms with van der Waals surface area (Å²) in [7, 11) is 0. The number of nitrogens with zero attached hydrogens (tertiary/aromatic N) is 1. The van der Waals surface area contributed by atoms with Gasteiger partial charge in [-0.25, -0.2) is 0 Å². The quantitative estimate of drug-likeness (QED) is 0.783. The van der Waals surface area contributed by atoms with Gasteiger partial charge in [0.05, 0.1) is 22.0 Å². The highest BCUT2D eigenvalue weighted by molar-refractivity contribution is 7.10. The van der Waals surface area contributed by atoms with Gasteiger partial charge in [0.1, 0.15) is 0 Å². The first-order valence-corrected chi connectivity index (χ1v) is 9.56. The second kappa shape index (κ2) is 7.44. The third-order valence-electron chi connectivity index (χ3n) is 4.58. The van der Waals surface area contributed by atoms with Crippen molar-refractivity contribution in [1.82, 2.24) is 4.90 Å². The van der Waals surface area contributed by atoms with Crippen molar-refractivity contribution in [3.8, 4) is 0 Å². The van der Waals surface area contributed by atoms with Gasteiger partial charge in [0.2, 0.25) is 0 Å². The van der Waals surface area contributed by atoms with Gasteiger partial charge < -0.3 is 5.11 Å². The van der Waals surface area contributed by atoms with E-state index in [9.17, 15) is 9.90 Å². The smallest absolute Gasteiger partial charge is 0.307 e. The van der Waals surface area contributed by atoms with Crippen molar-refractivity contribution in [1.29, 1.82) is 0 Å². The van der Waals surface area contributed by atoms with Crippen molar-refractivity contribution in [2.75, 3.05) is 13.1 Å². The molecule has 24 heavy (non-hydrogen) atoms. The normalized spacial score (nSPS) is 20.0. The van der Waals surface area contributed by atoms with Gasteiger partial charge in [0.25, 0.3) is 0 Å². The van der Waals surface area contributed by atoms with E-state index in [2.05, 4.69) is 23.3 Å². The molecule has 3 rings (SSSR count). The Hall–Kier alpha value is -1.07. The Morgan fingerprint density at radius 2 is 2.12 bits per heavy atom. The van der Waals surface area contributed by atoms with Gasteiger partial charge in [0.15, 0.2) is 0 Å². The third kappa shape index (κ3) is 3.62. The monoisotopic (exact) mass is 383 g/mol. The van der Waals surface area contributed by atoms with Crippen LogP contribution in [0.1, 0.15) is 34.9 Å². The van der Waals surface area contributed by atoms with Crippen LogP contribution in [0.5, 0.6) is 0 Å². The molecule has 3 nitrogen and oxygen atoms in total. The van der Waals surface area contributed by atoms with Crippen molar-refractivity contribution < 1.29 is 9.90 Å². The van der Waals surface area contributed by atoms with Crippen molar-refractivity contribution in [3.63, 3.8) is 0 Å².